The number of nitrogens with two attached hydrogens (primary N) is 1. The van der Waals surface area contributed by atoms with Crippen LogP contribution in [0.25, 0.3) is 0 Å². The predicted octanol–water partition coefficient (Wildman–Crippen LogP) is -4.66. The molecular formula is H3NNaO4P. The average Bonchev–Trinajstić information content (AvgIpc) is 1.35. The number of hydrogen-bond acceptors (Lipinski definition) is 4. The summed E-state index contributed by atoms with van der Waals surface area (Å²) in [6.45, 7) is 0. The fourth-order valence-corrected chi connectivity index (χ4v) is 0. The summed E-state index contributed by atoms with van der Waals surface area (Å²) in [5.74, 6) is 3.98. The van der Waals surface area contributed by atoms with Gasteiger partial charge in [0.05, 0.1) is 0 Å². The molecule has 0 bridgehead atoms. The van der Waals surface area contributed by atoms with Gasteiger partial charge in [0.2, 0.25) is 0 Å². The van der Waals surface area contributed by atoms with Crippen LogP contribution in [0.15, 0.2) is 0 Å². The van der Waals surface area contributed by atoms with Gasteiger partial charge in [0.15, 0.2) is 0 Å². The van der Waals surface area contributed by atoms with E-state index in [0.717, 1.165) is 0 Å². The van der Waals surface area contributed by atoms with E-state index in [4.69, 9.17) is 4.89 Å². The van der Waals surface area contributed by atoms with E-state index in [1.807, 2.05) is 0 Å². The van der Waals surface area contributed by atoms with Crippen LogP contribution in [0.5, 0.6) is 0 Å². The fraction of sp³-hybridized carbons (Fsp3) is 0. The molecule has 0 heterocycles. The molecule has 0 saturated heterocycles. The molecule has 0 aliphatic rings. The van der Waals surface area contributed by atoms with Crippen LogP contribution in [0.1, 0.15) is 0 Å². The van der Waals surface area contributed by atoms with Crippen LogP contribution in [0.4, 0.5) is 0 Å². The zero-order chi connectivity index (χ0) is 5.21. The van der Waals surface area contributed by atoms with Gasteiger partial charge in [-0.15, -0.1) is 0 Å². The molecule has 5 nitrogen and oxygen atoms in total. The molecule has 0 amide bonds. The van der Waals surface area contributed by atoms with E-state index >= 15 is 0 Å². The number of phosphoric acid groups is 1. The molecule has 1 unspecified atom stereocenters. The Labute approximate surface area is 62.3 Å². The molecule has 0 aromatic rings. The molecule has 0 aromatic carbocycles. The Hall–Kier alpha value is 1.07. The van der Waals surface area contributed by atoms with Crippen molar-refractivity contribution >= 4 is 7.82 Å². The average molecular weight is 135 g/mol. The minimum atomic E-state index is -4.62. The Morgan fingerprint density at radius 2 is 2.00 bits per heavy atom. The largest absolute Gasteiger partial charge is 1.00 e. The SMILES string of the molecule is NOP(=O)([O-])O.[Na+]. The second-order valence-corrected chi connectivity index (χ2v) is 1.72. The summed E-state index contributed by atoms with van der Waals surface area (Å²) in [7, 11) is -4.62. The van der Waals surface area contributed by atoms with Gasteiger partial charge >= 0.3 is 29.6 Å². The molecule has 0 aliphatic heterocycles. The Morgan fingerprint density at radius 3 is 2.00 bits per heavy atom. The van der Waals surface area contributed by atoms with Gasteiger partial charge in [-0.05, 0) is 0 Å². The van der Waals surface area contributed by atoms with Crippen molar-refractivity contribution in [2.24, 2.45) is 5.90 Å². The van der Waals surface area contributed by atoms with E-state index in [1.165, 1.54) is 0 Å². The maximum Gasteiger partial charge on any atom is 1.00 e. The minimum Gasteiger partial charge on any atom is -0.755 e. The number of rotatable bonds is 1. The van der Waals surface area contributed by atoms with Crippen molar-refractivity contribution in [2.45, 2.75) is 0 Å². The van der Waals surface area contributed by atoms with Gasteiger partial charge in [-0.1, -0.05) is 0 Å². The van der Waals surface area contributed by atoms with Crippen LogP contribution in [-0.4, -0.2) is 4.89 Å². The maximum absolute atomic E-state index is 9.24. The Morgan fingerprint density at radius 1 is 1.86 bits per heavy atom. The Balaban J connectivity index is 0. The monoisotopic (exact) mass is 135 g/mol. The van der Waals surface area contributed by atoms with Crippen molar-refractivity contribution in [3.63, 3.8) is 0 Å². The van der Waals surface area contributed by atoms with Crippen LogP contribution in [0, 0.1) is 0 Å². The zero-order valence-electron chi connectivity index (χ0n) is 3.70. The van der Waals surface area contributed by atoms with Crippen LogP contribution in [-0.2, 0) is 9.19 Å². The van der Waals surface area contributed by atoms with E-state index in [1.54, 1.807) is 0 Å². The third kappa shape index (κ3) is 11.0. The zero-order valence-corrected chi connectivity index (χ0v) is 6.59. The molecule has 7 heteroatoms. The second kappa shape index (κ2) is 4.00. The Kier molecular flexibility index (Phi) is 6.26. The van der Waals surface area contributed by atoms with Gasteiger partial charge in [-0.25, -0.2) is 10.5 Å². The van der Waals surface area contributed by atoms with E-state index in [2.05, 4.69) is 10.5 Å². The summed E-state index contributed by atoms with van der Waals surface area (Å²) in [5.41, 5.74) is 0. The minimum absolute atomic E-state index is 0. The molecular weight excluding hydrogens is 132 g/mol. The van der Waals surface area contributed by atoms with Gasteiger partial charge in [-0.2, -0.15) is 0 Å². The summed E-state index contributed by atoms with van der Waals surface area (Å²) < 4.78 is 12.2. The second-order valence-electron chi connectivity index (χ2n) is 0.574. The normalized spacial score (nSPS) is 17.0. The van der Waals surface area contributed by atoms with Gasteiger partial charge < -0.3 is 9.79 Å². The molecule has 0 spiro atoms. The van der Waals surface area contributed by atoms with Crippen LogP contribution in [0.2, 0.25) is 0 Å². The molecule has 1 atom stereocenters. The smallest absolute Gasteiger partial charge is 0.755 e. The Bertz CT molecular complexity index is 75.8. The predicted molar refractivity (Wildman–Crippen MR) is 15.1 cm³/mol. The van der Waals surface area contributed by atoms with Crippen molar-refractivity contribution in [2.75, 3.05) is 0 Å². The van der Waals surface area contributed by atoms with Crippen molar-refractivity contribution < 1.29 is 48.5 Å². The summed E-state index contributed by atoms with van der Waals surface area (Å²) in [5, 5.41) is 0. The topological polar surface area (TPSA) is 95.6 Å². The molecule has 0 saturated carbocycles. The molecule has 0 rings (SSSR count). The fourth-order valence-electron chi connectivity index (χ4n) is 0. The molecule has 3 N–H and O–H groups in total. The molecule has 0 fully saturated rings. The van der Waals surface area contributed by atoms with Gasteiger partial charge in [0, 0.05) is 0 Å². The third-order valence-electron chi connectivity index (χ3n) is 0.133. The third-order valence-corrected chi connectivity index (χ3v) is 0.400. The van der Waals surface area contributed by atoms with Crippen molar-refractivity contribution in [3.05, 3.63) is 0 Å². The first-order valence-corrected chi connectivity index (χ1v) is 2.48. The molecule has 38 valence electrons. The molecule has 0 aromatic heterocycles. The standard InChI is InChI=1S/H4NO4P.Na/c1-5-6(2,3)4;/h1H2,(H2,2,3,4);/q;+1/p-1. The maximum atomic E-state index is 9.24. The first-order valence-electron chi connectivity index (χ1n) is 0.983. The van der Waals surface area contributed by atoms with Gasteiger partial charge in [0.1, 0.15) is 0 Å². The van der Waals surface area contributed by atoms with E-state index in [9.17, 15) is 9.46 Å². The van der Waals surface area contributed by atoms with Gasteiger partial charge in [-0.3, -0.25) is 4.57 Å². The quantitative estimate of drug-likeness (QED) is 0.214. The van der Waals surface area contributed by atoms with Crippen molar-refractivity contribution in [1.82, 2.24) is 0 Å². The summed E-state index contributed by atoms with van der Waals surface area (Å²) in [6, 6.07) is 0. The number of hydrogen-bond donors (Lipinski definition) is 2. The van der Waals surface area contributed by atoms with Crippen molar-refractivity contribution in [1.29, 1.82) is 0 Å². The van der Waals surface area contributed by atoms with Crippen LogP contribution in [0.3, 0.4) is 0 Å². The molecule has 0 radical (unpaired) electrons. The first-order chi connectivity index (χ1) is 2.56. The van der Waals surface area contributed by atoms with Gasteiger partial charge in [0.25, 0.3) is 7.82 Å². The van der Waals surface area contributed by atoms with Crippen LogP contribution < -0.4 is 40.3 Å². The van der Waals surface area contributed by atoms with E-state index < -0.39 is 7.82 Å². The van der Waals surface area contributed by atoms with Crippen LogP contribution >= 0.6 is 7.82 Å². The first kappa shape index (κ1) is 10.9. The molecule has 0 aliphatic carbocycles. The summed E-state index contributed by atoms with van der Waals surface area (Å²) >= 11 is 0. The summed E-state index contributed by atoms with van der Waals surface area (Å²) in [4.78, 5) is 16.7. The van der Waals surface area contributed by atoms with E-state index in [0.29, 0.717) is 0 Å². The van der Waals surface area contributed by atoms with E-state index in [-0.39, 0.29) is 29.6 Å². The van der Waals surface area contributed by atoms with Crippen molar-refractivity contribution in [3.8, 4) is 0 Å². The summed E-state index contributed by atoms with van der Waals surface area (Å²) in [6.07, 6.45) is 0. The molecule has 7 heavy (non-hydrogen) atoms.